The molecule has 3 rings (SSSR count). The number of amides is 1. The van der Waals surface area contributed by atoms with E-state index in [-0.39, 0.29) is 5.91 Å². The van der Waals surface area contributed by atoms with Gasteiger partial charge in [-0.1, -0.05) is 6.07 Å². The van der Waals surface area contributed by atoms with Crippen molar-refractivity contribution >= 4 is 11.6 Å². The normalized spacial score (nSPS) is 19.3. The lowest BCUT2D eigenvalue weighted by Crippen LogP contribution is -2.25. The highest BCUT2D eigenvalue weighted by Crippen LogP contribution is 2.26. The summed E-state index contributed by atoms with van der Waals surface area (Å²) in [5.41, 5.74) is 2.13. The van der Waals surface area contributed by atoms with Crippen LogP contribution in [-0.2, 0) is 11.2 Å². The van der Waals surface area contributed by atoms with E-state index < -0.39 is 0 Å². The number of hydrogen-bond donors (Lipinski definition) is 1. The van der Waals surface area contributed by atoms with Crippen molar-refractivity contribution in [2.24, 2.45) is 0 Å². The Bertz CT molecular complexity index is 481. The lowest BCUT2D eigenvalue weighted by molar-refractivity contribution is -0.116. The predicted octanol–water partition coefficient (Wildman–Crippen LogP) is 2.44. The van der Waals surface area contributed by atoms with Crippen LogP contribution in [0.2, 0.25) is 0 Å². The Balaban J connectivity index is 1.58. The number of aryl methyl sites for hydroxylation is 1. The Kier molecular flexibility index (Phi) is 4.21. The van der Waals surface area contributed by atoms with Crippen molar-refractivity contribution in [2.45, 2.75) is 32.1 Å². The molecular formula is C16H22N2O2. The molecule has 20 heavy (non-hydrogen) atoms. The molecule has 0 radical (unpaired) electrons. The quantitative estimate of drug-likeness (QED) is 0.917. The summed E-state index contributed by atoms with van der Waals surface area (Å²) >= 11 is 0. The maximum atomic E-state index is 11.6. The fourth-order valence-corrected chi connectivity index (χ4v) is 2.93. The van der Waals surface area contributed by atoms with Crippen molar-refractivity contribution in [3.05, 3.63) is 23.8 Å². The molecule has 1 saturated heterocycles. The van der Waals surface area contributed by atoms with E-state index in [0.29, 0.717) is 13.0 Å². The van der Waals surface area contributed by atoms with Gasteiger partial charge in [0, 0.05) is 24.7 Å². The van der Waals surface area contributed by atoms with E-state index in [2.05, 4.69) is 16.3 Å². The molecule has 0 aromatic heterocycles. The van der Waals surface area contributed by atoms with Gasteiger partial charge in [-0.3, -0.25) is 9.69 Å². The molecule has 1 N–H and O–H groups in total. The third-order valence-electron chi connectivity index (χ3n) is 4.08. The summed E-state index contributed by atoms with van der Waals surface area (Å²) in [7, 11) is 0. The van der Waals surface area contributed by atoms with Crippen molar-refractivity contribution < 1.29 is 9.53 Å². The Labute approximate surface area is 120 Å². The van der Waals surface area contributed by atoms with E-state index >= 15 is 0 Å². The van der Waals surface area contributed by atoms with Gasteiger partial charge in [-0.15, -0.1) is 0 Å². The highest BCUT2D eigenvalue weighted by atomic mass is 16.5. The molecule has 2 aliphatic rings. The first-order valence-electron chi connectivity index (χ1n) is 7.59. The molecule has 2 heterocycles. The number of carbonyl (C=O) groups excluding carboxylic acids is 1. The fraction of sp³-hybridized carbons (Fsp3) is 0.562. The molecule has 4 heteroatoms. The topological polar surface area (TPSA) is 41.6 Å². The standard InChI is InChI=1S/C16H22N2O2/c19-16-5-3-4-13-6-7-14(12-15(13)17-16)20-11-10-18-8-1-2-9-18/h6-7,12H,1-5,8-11H2,(H,17,19). The Hall–Kier alpha value is -1.55. The number of carbonyl (C=O) groups is 1. The van der Waals surface area contributed by atoms with Gasteiger partial charge in [0.1, 0.15) is 12.4 Å². The highest BCUT2D eigenvalue weighted by molar-refractivity contribution is 5.92. The molecule has 0 bridgehead atoms. The van der Waals surface area contributed by atoms with Gasteiger partial charge in [-0.25, -0.2) is 0 Å². The van der Waals surface area contributed by atoms with Crippen molar-refractivity contribution in [2.75, 3.05) is 31.6 Å². The van der Waals surface area contributed by atoms with Gasteiger partial charge < -0.3 is 10.1 Å². The number of fused-ring (bicyclic) bond motifs is 1. The molecule has 108 valence electrons. The zero-order valence-electron chi connectivity index (χ0n) is 11.9. The van der Waals surface area contributed by atoms with Gasteiger partial charge in [0.25, 0.3) is 0 Å². The van der Waals surface area contributed by atoms with Crippen LogP contribution in [0.5, 0.6) is 5.75 Å². The molecule has 2 aliphatic heterocycles. The first-order chi connectivity index (χ1) is 9.81. The molecule has 1 aromatic rings. The molecule has 4 nitrogen and oxygen atoms in total. The van der Waals surface area contributed by atoms with Gasteiger partial charge in [-0.2, -0.15) is 0 Å². The van der Waals surface area contributed by atoms with Crippen LogP contribution in [0.1, 0.15) is 31.2 Å². The van der Waals surface area contributed by atoms with Crippen LogP contribution in [0.25, 0.3) is 0 Å². The average molecular weight is 274 g/mol. The number of nitrogens with zero attached hydrogens (tertiary/aromatic N) is 1. The summed E-state index contributed by atoms with van der Waals surface area (Å²) in [5.74, 6) is 0.961. The minimum atomic E-state index is 0.109. The maximum absolute atomic E-state index is 11.6. The minimum absolute atomic E-state index is 0.109. The van der Waals surface area contributed by atoms with Crippen molar-refractivity contribution in [1.82, 2.24) is 4.90 Å². The first kappa shape index (κ1) is 13.4. The third kappa shape index (κ3) is 3.31. The molecule has 0 aliphatic carbocycles. The predicted molar refractivity (Wildman–Crippen MR) is 79.2 cm³/mol. The number of likely N-dealkylation sites (tertiary alicyclic amines) is 1. The second kappa shape index (κ2) is 6.27. The number of rotatable bonds is 4. The van der Waals surface area contributed by atoms with Gasteiger partial charge >= 0.3 is 0 Å². The van der Waals surface area contributed by atoms with Crippen LogP contribution in [-0.4, -0.2) is 37.0 Å². The molecular weight excluding hydrogens is 252 g/mol. The average Bonchev–Trinajstić information content (AvgIpc) is 2.87. The molecule has 1 aromatic carbocycles. The lowest BCUT2D eigenvalue weighted by atomic mass is 10.1. The SMILES string of the molecule is O=C1CCCc2ccc(OCCN3CCCC3)cc2N1. The number of benzene rings is 1. The summed E-state index contributed by atoms with van der Waals surface area (Å²) in [6, 6.07) is 6.05. The van der Waals surface area contributed by atoms with Gasteiger partial charge in [0.05, 0.1) is 0 Å². The fourth-order valence-electron chi connectivity index (χ4n) is 2.93. The van der Waals surface area contributed by atoms with E-state index in [4.69, 9.17) is 4.74 Å². The van der Waals surface area contributed by atoms with Gasteiger partial charge in [0.15, 0.2) is 0 Å². The van der Waals surface area contributed by atoms with Crippen LogP contribution < -0.4 is 10.1 Å². The minimum Gasteiger partial charge on any atom is -0.492 e. The van der Waals surface area contributed by atoms with Crippen LogP contribution in [0.3, 0.4) is 0 Å². The van der Waals surface area contributed by atoms with Crippen LogP contribution in [0.4, 0.5) is 5.69 Å². The van der Waals surface area contributed by atoms with Crippen LogP contribution in [0, 0.1) is 0 Å². The van der Waals surface area contributed by atoms with E-state index in [1.807, 2.05) is 12.1 Å². The summed E-state index contributed by atoms with van der Waals surface area (Å²) in [6.45, 7) is 4.10. The lowest BCUT2D eigenvalue weighted by Gasteiger charge is -2.16. The zero-order valence-corrected chi connectivity index (χ0v) is 11.9. The largest absolute Gasteiger partial charge is 0.492 e. The third-order valence-corrected chi connectivity index (χ3v) is 4.08. The van der Waals surface area contributed by atoms with Crippen molar-refractivity contribution in [3.8, 4) is 5.75 Å². The molecule has 1 amide bonds. The summed E-state index contributed by atoms with van der Waals surface area (Å²) in [4.78, 5) is 14.0. The first-order valence-corrected chi connectivity index (χ1v) is 7.59. The summed E-state index contributed by atoms with van der Waals surface area (Å²) < 4.78 is 5.82. The van der Waals surface area contributed by atoms with Crippen LogP contribution >= 0.6 is 0 Å². The van der Waals surface area contributed by atoms with Crippen LogP contribution in [0.15, 0.2) is 18.2 Å². The Morgan fingerprint density at radius 3 is 2.85 bits per heavy atom. The van der Waals surface area contributed by atoms with E-state index in [1.165, 1.54) is 31.5 Å². The van der Waals surface area contributed by atoms with E-state index in [9.17, 15) is 4.79 Å². The van der Waals surface area contributed by atoms with E-state index in [0.717, 1.165) is 30.8 Å². The van der Waals surface area contributed by atoms with Gasteiger partial charge in [0.2, 0.25) is 5.91 Å². The smallest absolute Gasteiger partial charge is 0.224 e. The molecule has 0 unspecified atom stereocenters. The van der Waals surface area contributed by atoms with E-state index in [1.54, 1.807) is 0 Å². The van der Waals surface area contributed by atoms with Crippen molar-refractivity contribution in [3.63, 3.8) is 0 Å². The summed E-state index contributed by atoms with van der Waals surface area (Å²) in [6.07, 6.45) is 5.12. The van der Waals surface area contributed by atoms with Crippen molar-refractivity contribution in [1.29, 1.82) is 0 Å². The molecule has 0 saturated carbocycles. The Morgan fingerprint density at radius 2 is 2.00 bits per heavy atom. The highest BCUT2D eigenvalue weighted by Gasteiger charge is 2.14. The molecule has 1 fully saturated rings. The maximum Gasteiger partial charge on any atom is 0.224 e. The monoisotopic (exact) mass is 274 g/mol. The zero-order chi connectivity index (χ0) is 13.8. The second-order valence-electron chi connectivity index (χ2n) is 5.62. The molecule has 0 spiro atoms. The van der Waals surface area contributed by atoms with Gasteiger partial charge in [-0.05, 0) is 50.4 Å². The number of anilines is 1. The summed E-state index contributed by atoms with van der Waals surface area (Å²) in [5, 5.41) is 2.96. The molecule has 0 atom stereocenters. The Morgan fingerprint density at radius 1 is 1.15 bits per heavy atom. The number of ether oxygens (including phenoxy) is 1. The number of nitrogens with one attached hydrogen (secondary N) is 1. The number of hydrogen-bond acceptors (Lipinski definition) is 3. The second-order valence-corrected chi connectivity index (χ2v) is 5.62.